The number of fused-ring (bicyclic) bond motifs is 16. The van der Waals surface area contributed by atoms with Gasteiger partial charge >= 0.3 is 27.9 Å². The molecule has 7 aliphatic rings. The van der Waals surface area contributed by atoms with E-state index >= 15 is 0 Å². The quantitative estimate of drug-likeness (QED) is 0.122. The van der Waals surface area contributed by atoms with Gasteiger partial charge in [0.25, 0.3) is 0 Å². The summed E-state index contributed by atoms with van der Waals surface area (Å²) in [6.07, 6.45) is 26.4. The summed E-state index contributed by atoms with van der Waals surface area (Å²) in [6, 6.07) is 26.7. The van der Waals surface area contributed by atoms with Gasteiger partial charge in [0.1, 0.15) is 5.03 Å². The van der Waals surface area contributed by atoms with Crippen molar-refractivity contribution < 1.29 is 0 Å². The predicted molar refractivity (Wildman–Crippen MR) is 229 cm³/mol. The summed E-state index contributed by atoms with van der Waals surface area (Å²) in [4.78, 5) is 14.8. The third-order valence-corrected chi connectivity index (χ3v) is 14.1. The van der Waals surface area contributed by atoms with Gasteiger partial charge < -0.3 is 18.9 Å². The van der Waals surface area contributed by atoms with E-state index in [1.807, 2.05) is 11.8 Å². The van der Waals surface area contributed by atoms with Crippen molar-refractivity contribution in [3.05, 3.63) is 198 Å². The highest BCUT2D eigenvalue weighted by Gasteiger charge is 2.55. The Balaban J connectivity index is 1.13. The van der Waals surface area contributed by atoms with E-state index in [-0.39, 0.29) is 33.3 Å². The van der Waals surface area contributed by atoms with E-state index in [1.165, 1.54) is 36.8 Å². The highest BCUT2D eigenvalue weighted by molar-refractivity contribution is 7.99. The van der Waals surface area contributed by atoms with Crippen LogP contribution in [0.3, 0.4) is 0 Å². The third kappa shape index (κ3) is 4.83. The Hall–Kier alpha value is -5.18. The van der Waals surface area contributed by atoms with Crippen LogP contribution in [0.1, 0.15) is 48.8 Å². The maximum Gasteiger partial charge on any atom is 0.385 e. The molecule has 55 heavy (non-hydrogen) atoms. The monoisotopic (exact) mass is 744 g/mol. The second-order valence-electron chi connectivity index (χ2n) is 15.8. The molecule has 1 saturated heterocycles. The normalized spacial score (nSPS) is 19.4. The Labute approximate surface area is 333 Å². The van der Waals surface area contributed by atoms with Gasteiger partial charge in [-0.1, -0.05) is 135 Å². The van der Waals surface area contributed by atoms with Crippen LogP contribution in [0.25, 0.3) is 5.57 Å². The summed E-state index contributed by atoms with van der Waals surface area (Å²) < 4.78 is 9.98. The van der Waals surface area contributed by atoms with Crippen molar-refractivity contribution in [2.75, 3.05) is 0 Å². The van der Waals surface area contributed by atoms with E-state index in [9.17, 15) is 0 Å². The van der Waals surface area contributed by atoms with Crippen LogP contribution in [0.5, 0.6) is 0 Å². The lowest BCUT2D eigenvalue weighted by molar-refractivity contribution is 0.507. The molecule has 1 fully saturated rings. The molecule has 0 amide bonds. The minimum Gasteiger partial charge on any atom is -0.423 e. The van der Waals surface area contributed by atoms with Crippen molar-refractivity contribution in [2.24, 2.45) is 5.41 Å². The largest absolute Gasteiger partial charge is 0.423 e. The smallest absolute Gasteiger partial charge is 0.385 e. The van der Waals surface area contributed by atoms with Crippen molar-refractivity contribution in [3.8, 4) is 0 Å². The second-order valence-corrected chi connectivity index (χ2v) is 17.9. The highest BCUT2D eigenvalue weighted by Crippen LogP contribution is 2.61. The number of nitrogens with zero attached hydrogens (tertiary/aromatic N) is 6. The van der Waals surface area contributed by atoms with Crippen molar-refractivity contribution in [2.45, 2.75) is 45.9 Å². The minimum atomic E-state index is -0.538. The van der Waals surface area contributed by atoms with Crippen LogP contribution in [-0.4, -0.2) is 56.8 Å². The number of rotatable bonds is 1. The molecular formula is C43H36B4N6S2. The van der Waals surface area contributed by atoms with Gasteiger partial charge in [0.05, 0.1) is 5.41 Å². The first-order valence-corrected chi connectivity index (χ1v) is 20.7. The van der Waals surface area contributed by atoms with Gasteiger partial charge in [-0.3, -0.25) is 0 Å². The van der Waals surface area contributed by atoms with E-state index in [1.54, 1.807) is 11.8 Å². The maximum atomic E-state index is 5.63. The van der Waals surface area contributed by atoms with E-state index in [2.05, 4.69) is 204 Å². The van der Waals surface area contributed by atoms with Crippen molar-refractivity contribution in [1.82, 2.24) is 28.9 Å². The molecule has 4 aromatic rings. The lowest BCUT2D eigenvalue weighted by atomic mass is 9.38. The number of hydrogen-bond donors (Lipinski definition) is 0. The number of benzene rings is 3. The molecule has 12 heteroatoms. The number of hydrogen-bond acceptors (Lipinski definition) is 8. The van der Waals surface area contributed by atoms with E-state index < -0.39 is 5.41 Å². The summed E-state index contributed by atoms with van der Waals surface area (Å²) >= 11 is 3.63. The average Bonchev–Trinajstić information content (AvgIpc) is 3.22. The summed E-state index contributed by atoms with van der Waals surface area (Å²) in [5.41, 5.74) is 6.61. The summed E-state index contributed by atoms with van der Waals surface area (Å²) in [5, 5.41) is 1.01. The molecule has 1 aromatic heterocycles. The van der Waals surface area contributed by atoms with Gasteiger partial charge in [-0.05, 0) is 94.9 Å². The fourth-order valence-corrected chi connectivity index (χ4v) is 12.0. The standard InChI is InChI=1S/C43H36B4N6S2/c1-42(2,3)39-31(22-29-53-46-25-11-14-27-51(46)44-23-10-13-26-50(44)45-24-12-15-28-52(45)47(39)53)40-48-30-35-41(49-40)55-38-21-9-6-18-34(38)43(35)32-16-4-7-19-36(32)54-37-20-8-5-17-33(37)43/h4-30H,1-3H3. The molecule has 6 nitrogen and oxygen atoms in total. The van der Waals surface area contributed by atoms with Crippen molar-refractivity contribution in [1.29, 1.82) is 0 Å². The second kappa shape index (κ2) is 12.4. The number of aromatic nitrogens is 2. The fraction of sp³-hybridized carbons (Fsp3) is 0.116. The third-order valence-electron chi connectivity index (χ3n) is 11.8. The summed E-state index contributed by atoms with van der Waals surface area (Å²) in [7, 11) is 0. The first-order chi connectivity index (χ1) is 26.9. The molecule has 0 bridgehead atoms. The predicted octanol–water partition coefficient (Wildman–Crippen LogP) is 8.70. The van der Waals surface area contributed by atoms with Crippen LogP contribution in [0.15, 0.2) is 189 Å². The average molecular weight is 744 g/mol. The molecule has 0 N–H and O–H groups in total. The lowest BCUT2D eigenvalue weighted by Crippen LogP contribution is -2.74. The van der Waals surface area contributed by atoms with E-state index in [0.717, 1.165) is 22.0 Å². The summed E-state index contributed by atoms with van der Waals surface area (Å²) in [6.45, 7) is 6.95. The molecule has 0 radical (unpaired) electrons. The van der Waals surface area contributed by atoms with Crippen LogP contribution in [0, 0.1) is 5.41 Å². The van der Waals surface area contributed by atoms with Gasteiger partial charge in [-0.25, -0.2) is 9.97 Å². The Kier molecular flexibility index (Phi) is 7.49. The molecule has 262 valence electrons. The van der Waals surface area contributed by atoms with Gasteiger partial charge in [0, 0.05) is 32.0 Å². The van der Waals surface area contributed by atoms with Crippen LogP contribution in [0.4, 0.5) is 0 Å². The van der Waals surface area contributed by atoms with Gasteiger partial charge in [0.2, 0.25) is 0 Å². The van der Waals surface area contributed by atoms with Crippen LogP contribution < -0.4 is 0 Å². The molecule has 11 rings (SSSR count). The Bertz CT molecular complexity index is 2440. The topological polar surface area (TPSA) is 38.7 Å². The van der Waals surface area contributed by atoms with Gasteiger partial charge in [0.15, 0.2) is 5.82 Å². The van der Waals surface area contributed by atoms with Crippen LogP contribution >= 0.6 is 23.5 Å². The van der Waals surface area contributed by atoms with Crippen LogP contribution in [-0.2, 0) is 5.41 Å². The van der Waals surface area contributed by atoms with Gasteiger partial charge in [-0.15, -0.1) is 0 Å². The highest BCUT2D eigenvalue weighted by atomic mass is 32.2. The maximum absolute atomic E-state index is 5.63. The van der Waals surface area contributed by atoms with Gasteiger partial charge in [-0.2, -0.15) is 0 Å². The van der Waals surface area contributed by atoms with E-state index in [0.29, 0.717) is 0 Å². The minimum absolute atomic E-state index is 0.00488. The zero-order valence-corrected chi connectivity index (χ0v) is 32.5. The molecule has 0 saturated carbocycles. The Morgan fingerprint density at radius 2 is 1.05 bits per heavy atom. The molecule has 3 aromatic carbocycles. The van der Waals surface area contributed by atoms with Crippen molar-refractivity contribution in [3.63, 3.8) is 0 Å². The molecule has 8 heterocycles. The van der Waals surface area contributed by atoms with Crippen LogP contribution in [0.2, 0.25) is 0 Å². The van der Waals surface area contributed by atoms with E-state index in [4.69, 9.17) is 9.97 Å². The summed E-state index contributed by atoms with van der Waals surface area (Å²) in [5.74, 6) is 7.69. The molecular weight excluding hydrogens is 708 g/mol. The zero-order valence-electron chi connectivity index (χ0n) is 30.9. The zero-order chi connectivity index (χ0) is 36.9. The lowest BCUT2D eigenvalue weighted by Gasteiger charge is -2.55. The molecule has 0 atom stereocenters. The Morgan fingerprint density at radius 3 is 1.62 bits per heavy atom. The van der Waals surface area contributed by atoms with Crippen molar-refractivity contribution >= 4 is 57.0 Å². The molecule has 0 aliphatic carbocycles. The SMILES string of the molecule is CC(C)(C)C1=C(c2ncc3c(n2)Sc2ccccc2C32c3ccccc3Sc3ccccc32)C=CN2B3C=CC=CN3B3C=CC=CN3B3C=CC=CN3B12. The molecule has 1 spiro atoms. The number of allylic oxidation sites excluding steroid dienone is 9. The molecule has 0 unspecified atom stereocenters. The first-order valence-electron chi connectivity index (χ1n) is 19.0. The fourth-order valence-electron chi connectivity index (χ4n) is 9.64. The first kappa shape index (κ1) is 33.2. The Morgan fingerprint density at radius 1 is 0.564 bits per heavy atom. The molecule has 7 aliphatic heterocycles.